The summed E-state index contributed by atoms with van der Waals surface area (Å²) in [6.07, 6.45) is 7.72. The fraction of sp³-hybridized carbons (Fsp3) is 0.304. The zero-order chi connectivity index (χ0) is 22.1. The minimum atomic E-state index is -0.243. The molecule has 1 aliphatic heterocycles. The van der Waals surface area contributed by atoms with Crippen LogP contribution in [-0.2, 0) is 19.5 Å². The fourth-order valence-corrected chi connectivity index (χ4v) is 4.05. The molecule has 0 saturated heterocycles. The lowest BCUT2D eigenvalue weighted by Crippen LogP contribution is -2.19. The van der Waals surface area contributed by atoms with Crippen molar-refractivity contribution in [3.63, 3.8) is 0 Å². The number of hydrogen-bond donors (Lipinski definition) is 1. The average molecular weight is 433 g/mol. The van der Waals surface area contributed by atoms with E-state index >= 15 is 0 Å². The van der Waals surface area contributed by atoms with E-state index in [4.69, 9.17) is 4.74 Å². The van der Waals surface area contributed by atoms with Gasteiger partial charge < -0.3 is 15.0 Å². The molecule has 9 heteroatoms. The Morgan fingerprint density at radius 2 is 1.97 bits per heavy atom. The van der Waals surface area contributed by atoms with Crippen molar-refractivity contribution >= 4 is 16.6 Å². The van der Waals surface area contributed by atoms with E-state index in [1.807, 2.05) is 31.0 Å². The predicted molar refractivity (Wildman–Crippen MR) is 120 cm³/mol. The molecule has 0 amide bonds. The molecule has 4 aromatic rings. The Hall–Kier alpha value is -3.59. The standard InChI is InChI=1S/C23H24FN7O/c1-30(2)8-9-31-21(5-7-29-31)18-12-26-23(19-14-28-27-13-16(18)19)25-11-17-15-6-10-32-22(15)4-3-20(17)24/h3-5,7,12-14H,6,8-11H2,1-2H3,(H,25,26). The van der Waals surface area contributed by atoms with Crippen LogP contribution in [0.3, 0.4) is 0 Å². The molecule has 8 nitrogen and oxygen atoms in total. The molecule has 5 rings (SSSR count). The van der Waals surface area contributed by atoms with Gasteiger partial charge in [0.15, 0.2) is 0 Å². The summed E-state index contributed by atoms with van der Waals surface area (Å²) in [5.41, 5.74) is 3.43. The van der Waals surface area contributed by atoms with Gasteiger partial charge in [-0.2, -0.15) is 15.3 Å². The van der Waals surface area contributed by atoms with Crippen molar-refractivity contribution in [1.29, 1.82) is 0 Å². The number of nitrogens with one attached hydrogen (secondary N) is 1. The van der Waals surface area contributed by atoms with Gasteiger partial charge in [-0.05, 0) is 32.3 Å². The molecule has 0 unspecified atom stereocenters. The molecule has 0 aliphatic carbocycles. The number of pyridine rings is 1. The van der Waals surface area contributed by atoms with Crippen LogP contribution in [-0.4, -0.2) is 57.1 Å². The van der Waals surface area contributed by atoms with Gasteiger partial charge in [-0.1, -0.05) is 0 Å². The van der Waals surface area contributed by atoms with Crippen molar-refractivity contribution in [3.8, 4) is 17.0 Å². The summed E-state index contributed by atoms with van der Waals surface area (Å²) >= 11 is 0. The second-order valence-corrected chi connectivity index (χ2v) is 8.03. The van der Waals surface area contributed by atoms with E-state index < -0.39 is 0 Å². The van der Waals surface area contributed by atoms with E-state index in [2.05, 4.69) is 30.5 Å². The molecule has 0 atom stereocenters. The van der Waals surface area contributed by atoms with E-state index in [1.54, 1.807) is 24.7 Å². The quantitative estimate of drug-likeness (QED) is 0.480. The van der Waals surface area contributed by atoms with Crippen LogP contribution < -0.4 is 10.1 Å². The molecule has 0 bridgehead atoms. The van der Waals surface area contributed by atoms with E-state index in [9.17, 15) is 4.39 Å². The highest BCUT2D eigenvalue weighted by molar-refractivity contribution is 6.00. The van der Waals surface area contributed by atoms with E-state index in [0.717, 1.165) is 46.4 Å². The Labute approximate surface area is 185 Å². The minimum Gasteiger partial charge on any atom is -0.493 e. The second kappa shape index (κ2) is 8.51. The monoisotopic (exact) mass is 433 g/mol. The van der Waals surface area contributed by atoms with Crippen molar-refractivity contribution in [1.82, 2.24) is 29.9 Å². The van der Waals surface area contributed by atoms with Crippen LogP contribution in [0.15, 0.2) is 43.0 Å². The first-order valence-corrected chi connectivity index (χ1v) is 10.5. The maximum absolute atomic E-state index is 14.5. The molecule has 1 aromatic carbocycles. The predicted octanol–water partition coefficient (Wildman–Crippen LogP) is 3.14. The number of benzene rings is 1. The summed E-state index contributed by atoms with van der Waals surface area (Å²) in [5.74, 6) is 1.15. The molecule has 3 aromatic heterocycles. The number of hydrogen-bond acceptors (Lipinski definition) is 7. The first-order valence-electron chi connectivity index (χ1n) is 10.5. The van der Waals surface area contributed by atoms with Gasteiger partial charge in [0.1, 0.15) is 17.4 Å². The Kier molecular flexibility index (Phi) is 5.40. The molecule has 1 aliphatic rings. The van der Waals surface area contributed by atoms with Crippen LogP contribution in [0.5, 0.6) is 5.75 Å². The highest BCUT2D eigenvalue weighted by Crippen LogP contribution is 2.33. The number of aromatic nitrogens is 5. The molecular weight excluding hydrogens is 409 g/mol. The molecule has 32 heavy (non-hydrogen) atoms. The highest BCUT2D eigenvalue weighted by atomic mass is 19.1. The normalized spacial score (nSPS) is 12.9. The number of halogens is 1. The van der Waals surface area contributed by atoms with Crippen molar-refractivity contribution in [2.24, 2.45) is 0 Å². The first-order chi connectivity index (χ1) is 15.6. The van der Waals surface area contributed by atoms with Gasteiger partial charge in [-0.15, -0.1) is 0 Å². The van der Waals surface area contributed by atoms with Crippen LogP contribution in [0, 0.1) is 5.82 Å². The van der Waals surface area contributed by atoms with Crippen molar-refractivity contribution in [2.75, 3.05) is 32.6 Å². The topological polar surface area (TPSA) is 81.0 Å². The number of fused-ring (bicyclic) bond motifs is 2. The lowest BCUT2D eigenvalue weighted by atomic mass is 10.0. The first kappa shape index (κ1) is 20.3. The van der Waals surface area contributed by atoms with Gasteiger partial charge in [0, 0.05) is 59.4 Å². The summed E-state index contributed by atoms with van der Waals surface area (Å²) in [5, 5.41) is 17.6. The SMILES string of the molecule is CN(C)CCn1nccc1-c1cnc(NCc2c(F)ccc3c2CCO3)c2cnncc12. The largest absolute Gasteiger partial charge is 0.493 e. The van der Waals surface area contributed by atoms with Crippen LogP contribution >= 0.6 is 0 Å². The van der Waals surface area contributed by atoms with E-state index in [1.165, 1.54) is 6.07 Å². The van der Waals surface area contributed by atoms with Crippen LogP contribution in [0.2, 0.25) is 0 Å². The summed E-state index contributed by atoms with van der Waals surface area (Å²) in [6, 6.07) is 5.12. The Morgan fingerprint density at radius 3 is 2.81 bits per heavy atom. The number of nitrogens with zero attached hydrogens (tertiary/aromatic N) is 6. The zero-order valence-electron chi connectivity index (χ0n) is 18.0. The molecular formula is C23H24FN7O. The number of ether oxygens (including phenoxy) is 1. The smallest absolute Gasteiger partial charge is 0.135 e. The van der Waals surface area contributed by atoms with E-state index in [-0.39, 0.29) is 5.82 Å². The third kappa shape index (κ3) is 3.75. The summed E-state index contributed by atoms with van der Waals surface area (Å²) in [7, 11) is 4.07. The number of anilines is 1. The summed E-state index contributed by atoms with van der Waals surface area (Å²) < 4.78 is 22.1. The fourth-order valence-electron chi connectivity index (χ4n) is 4.05. The average Bonchev–Trinajstić information content (AvgIpc) is 3.46. The van der Waals surface area contributed by atoms with Gasteiger partial charge in [0.25, 0.3) is 0 Å². The molecule has 0 radical (unpaired) electrons. The second-order valence-electron chi connectivity index (χ2n) is 8.03. The van der Waals surface area contributed by atoms with Gasteiger partial charge in [0.05, 0.1) is 31.2 Å². The Morgan fingerprint density at radius 1 is 1.12 bits per heavy atom. The maximum Gasteiger partial charge on any atom is 0.135 e. The zero-order valence-corrected chi connectivity index (χ0v) is 18.0. The van der Waals surface area contributed by atoms with Crippen LogP contribution in [0.25, 0.3) is 22.0 Å². The summed E-state index contributed by atoms with van der Waals surface area (Å²) in [4.78, 5) is 6.77. The van der Waals surface area contributed by atoms with Gasteiger partial charge >= 0.3 is 0 Å². The number of rotatable bonds is 7. The molecule has 4 heterocycles. The number of likely N-dealkylation sites (N-methyl/N-ethyl adjacent to an activating group) is 1. The minimum absolute atomic E-state index is 0.243. The van der Waals surface area contributed by atoms with Gasteiger partial charge in [0.2, 0.25) is 0 Å². The van der Waals surface area contributed by atoms with Crippen molar-refractivity contribution in [3.05, 3.63) is 59.9 Å². The van der Waals surface area contributed by atoms with Crippen molar-refractivity contribution < 1.29 is 9.13 Å². The Bertz CT molecular complexity index is 1270. The molecule has 1 N–H and O–H groups in total. The third-order valence-electron chi connectivity index (χ3n) is 5.72. The third-order valence-corrected chi connectivity index (χ3v) is 5.72. The molecule has 0 spiro atoms. The van der Waals surface area contributed by atoms with Crippen LogP contribution in [0.1, 0.15) is 11.1 Å². The summed E-state index contributed by atoms with van der Waals surface area (Å²) in [6.45, 7) is 2.52. The lowest BCUT2D eigenvalue weighted by molar-refractivity contribution is 0.356. The van der Waals surface area contributed by atoms with E-state index in [0.29, 0.717) is 31.0 Å². The van der Waals surface area contributed by atoms with Crippen molar-refractivity contribution in [2.45, 2.75) is 19.5 Å². The van der Waals surface area contributed by atoms with Gasteiger partial charge in [-0.3, -0.25) is 4.68 Å². The van der Waals surface area contributed by atoms with Gasteiger partial charge in [-0.25, -0.2) is 9.37 Å². The Balaban J connectivity index is 1.48. The molecule has 164 valence electrons. The lowest BCUT2D eigenvalue weighted by Gasteiger charge is -2.15. The highest BCUT2D eigenvalue weighted by Gasteiger charge is 2.20. The molecule has 0 fully saturated rings. The maximum atomic E-state index is 14.5. The molecule has 0 saturated carbocycles. The van der Waals surface area contributed by atoms with Crippen LogP contribution in [0.4, 0.5) is 10.2 Å².